The lowest BCUT2D eigenvalue weighted by Gasteiger charge is -2.43. The number of nitrogens with one attached hydrogen (secondary N) is 1. The monoisotopic (exact) mass is 782 g/mol. The maximum atomic E-state index is 14.9. The summed E-state index contributed by atoms with van der Waals surface area (Å²) in [6.45, 7) is 8.85. The Morgan fingerprint density at radius 3 is 2.25 bits per heavy atom. The first kappa shape index (κ1) is 38.1. The third-order valence-electron chi connectivity index (χ3n) is 9.90. The van der Waals surface area contributed by atoms with Crippen LogP contribution in [0.4, 0.5) is 4.39 Å². The molecule has 0 radical (unpaired) electrons. The lowest BCUT2D eigenvalue weighted by molar-refractivity contribution is -0.119. The summed E-state index contributed by atoms with van der Waals surface area (Å²) in [6.07, 6.45) is 2.32. The zero-order chi connectivity index (χ0) is 38.7. The van der Waals surface area contributed by atoms with Gasteiger partial charge in [-0.25, -0.2) is 4.39 Å². The molecule has 4 heterocycles. The Morgan fingerprint density at radius 1 is 0.982 bits per heavy atom. The summed E-state index contributed by atoms with van der Waals surface area (Å²) in [7, 11) is -1.37. The average Bonchev–Trinajstić information content (AvgIpc) is 3.94. The molecule has 6 aromatic rings. The number of aromatic nitrogens is 5. The average molecular weight is 783 g/mol. The number of ether oxygens (including phenoxy) is 3. The van der Waals surface area contributed by atoms with Crippen LogP contribution in [-0.2, 0) is 14.0 Å². The SMILES string of the molecule is COc1ccc(F)cc1[C@H](COc1nc2sc(-n3nccn3)c(C)c2c(=O)n1[C@H]1CNC(=O)C1)OCCO[Si](c1ccccc1)(c1ccccc1)C(C)(C)C. The van der Waals surface area contributed by atoms with Gasteiger partial charge in [-0.1, -0.05) is 92.8 Å². The fourth-order valence-corrected chi connectivity index (χ4v) is 13.0. The molecule has 0 saturated carbocycles. The summed E-state index contributed by atoms with van der Waals surface area (Å²) in [5.74, 6) is -0.258. The summed E-state index contributed by atoms with van der Waals surface area (Å²) in [4.78, 5) is 33.3. The summed E-state index contributed by atoms with van der Waals surface area (Å²) in [5, 5.41) is 14.4. The molecule has 12 nitrogen and oxygen atoms in total. The predicted octanol–water partition coefficient (Wildman–Crippen LogP) is 5.27. The van der Waals surface area contributed by atoms with Gasteiger partial charge in [0.15, 0.2) is 0 Å². The van der Waals surface area contributed by atoms with Gasteiger partial charge in [0.05, 0.1) is 44.1 Å². The second-order valence-electron chi connectivity index (χ2n) is 14.3. The summed E-state index contributed by atoms with van der Waals surface area (Å²) >= 11 is 1.26. The first-order valence-corrected chi connectivity index (χ1v) is 20.8. The fourth-order valence-electron chi connectivity index (χ4n) is 7.35. The highest BCUT2D eigenvalue weighted by molar-refractivity contribution is 7.21. The van der Waals surface area contributed by atoms with Gasteiger partial charge >= 0.3 is 6.01 Å². The number of halogens is 1. The minimum atomic E-state index is -2.87. The van der Waals surface area contributed by atoms with Crippen LogP contribution >= 0.6 is 11.3 Å². The highest BCUT2D eigenvalue weighted by Gasteiger charge is 2.50. The lowest BCUT2D eigenvalue weighted by atomic mass is 10.1. The number of benzene rings is 3. The van der Waals surface area contributed by atoms with Gasteiger partial charge in [0, 0.05) is 24.1 Å². The molecule has 15 heteroatoms. The molecule has 1 fully saturated rings. The normalized spacial score (nSPS) is 15.3. The number of hydrogen-bond donors (Lipinski definition) is 1. The van der Waals surface area contributed by atoms with E-state index in [4.69, 9.17) is 23.6 Å². The van der Waals surface area contributed by atoms with Crippen LogP contribution in [0.3, 0.4) is 0 Å². The van der Waals surface area contributed by atoms with E-state index >= 15 is 0 Å². The van der Waals surface area contributed by atoms with Crippen molar-refractivity contribution in [3.8, 4) is 16.8 Å². The molecule has 1 amide bonds. The van der Waals surface area contributed by atoms with E-state index in [-0.39, 0.29) is 55.3 Å². The van der Waals surface area contributed by atoms with Gasteiger partial charge in [-0.2, -0.15) is 15.2 Å². The Balaban J connectivity index is 1.22. The Labute approximate surface area is 323 Å². The molecule has 0 spiro atoms. The number of amides is 1. The van der Waals surface area contributed by atoms with E-state index in [0.717, 1.165) is 10.4 Å². The van der Waals surface area contributed by atoms with Crippen molar-refractivity contribution in [1.29, 1.82) is 0 Å². The van der Waals surface area contributed by atoms with Crippen LogP contribution in [0.5, 0.6) is 11.8 Å². The molecule has 3 aromatic heterocycles. The maximum Gasteiger partial charge on any atom is 0.301 e. The fraction of sp³-hybridized carbons (Fsp3) is 0.325. The molecule has 7 rings (SSSR count). The van der Waals surface area contributed by atoms with Gasteiger partial charge in [0.2, 0.25) is 5.91 Å². The highest BCUT2D eigenvalue weighted by Crippen LogP contribution is 2.37. The number of nitrogens with zero attached hydrogens (tertiary/aromatic N) is 5. The number of rotatable bonds is 14. The van der Waals surface area contributed by atoms with Gasteiger partial charge in [-0.3, -0.25) is 14.2 Å². The Hall–Kier alpha value is -5.22. The molecule has 286 valence electrons. The molecule has 2 atom stereocenters. The van der Waals surface area contributed by atoms with Gasteiger partial charge in [-0.05, 0) is 40.5 Å². The molecular formula is C40H43FN6O6SSi. The molecule has 1 saturated heterocycles. The molecule has 1 aliphatic heterocycles. The zero-order valence-electron chi connectivity index (χ0n) is 31.3. The molecule has 3 aromatic carbocycles. The second-order valence-corrected chi connectivity index (χ2v) is 19.6. The molecule has 55 heavy (non-hydrogen) atoms. The number of hydrogen-bond acceptors (Lipinski definition) is 10. The van der Waals surface area contributed by atoms with E-state index in [1.165, 1.54) is 46.0 Å². The number of fused-ring (bicyclic) bond motifs is 1. The number of carbonyl (C=O) groups is 1. The summed E-state index contributed by atoms with van der Waals surface area (Å²) in [5.41, 5.74) is 0.727. The lowest BCUT2D eigenvalue weighted by Crippen LogP contribution is -2.66. The molecule has 1 N–H and O–H groups in total. The van der Waals surface area contributed by atoms with Crippen LogP contribution < -0.4 is 30.7 Å². The van der Waals surface area contributed by atoms with E-state index in [1.807, 2.05) is 43.3 Å². The van der Waals surface area contributed by atoms with E-state index < -0.39 is 26.3 Å². The molecule has 0 bridgehead atoms. The predicted molar refractivity (Wildman–Crippen MR) is 211 cm³/mol. The standard InChI is InChI=1S/C40H43FN6O6SSi/c1-26-35-36(54-38(26)47-43-18-19-44-47)45-39(46(37(35)49)28-23-34(48)42-24-28)52-25-33(31-22-27(41)16-17-32(31)50-5)51-20-21-53-55(40(2,3)4,29-12-8-6-9-13-29)30-14-10-7-11-15-30/h6-19,22,28,33H,20-21,23-25H2,1-5H3,(H,42,48)/t28-,33+/m1/s1. The van der Waals surface area contributed by atoms with Gasteiger partial charge in [0.1, 0.15) is 34.1 Å². The Morgan fingerprint density at radius 2 is 1.65 bits per heavy atom. The summed E-state index contributed by atoms with van der Waals surface area (Å²) in [6, 6.07) is 24.3. The maximum absolute atomic E-state index is 14.9. The van der Waals surface area contributed by atoms with E-state index in [9.17, 15) is 14.0 Å². The topological polar surface area (TPSA) is 132 Å². The van der Waals surface area contributed by atoms with Crippen molar-refractivity contribution in [2.45, 2.75) is 51.3 Å². The van der Waals surface area contributed by atoms with Crippen molar-refractivity contribution in [3.05, 3.63) is 119 Å². The Kier molecular flexibility index (Phi) is 11.0. The van der Waals surface area contributed by atoms with Gasteiger partial charge in [-0.15, -0.1) is 4.80 Å². The van der Waals surface area contributed by atoms with Gasteiger partial charge < -0.3 is 24.0 Å². The van der Waals surface area contributed by atoms with Crippen LogP contribution in [-0.4, -0.2) is 72.2 Å². The molecule has 1 aliphatic rings. The number of thiophene rings is 1. The third kappa shape index (κ3) is 7.44. The van der Waals surface area contributed by atoms with Gasteiger partial charge in [0.25, 0.3) is 13.9 Å². The number of methoxy groups -OCH3 is 1. The highest BCUT2D eigenvalue weighted by atomic mass is 32.1. The van der Waals surface area contributed by atoms with Crippen molar-refractivity contribution in [1.82, 2.24) is 29.9 Å². The van der Waals surface area contributed by atoms with E-state index in [2.05, 4.69) is 60.6 Å². The largest absolute Gasteiger partial charge is 0.496 e. The van der Waals surface area contributed by atoms with E-state index in [1.54, 1.807) is 12.4 Å². The molecule has 0 unspecified atom stereocenters. The minimum absolute atomic E-state index is 0.00718. The van der Waals surface area contributed by atoms with Crippen LogP contribution in [0, 0.1) is 12.7 Å². The van der Waals surface area contributed by atoms with Crippen molar-refractivity contribution < 1.29 is 27.8 Å². The van der Waals surface area contributed by atoms with E-state index in [0.29, 0.717) is 32.1 Å². The zero-order valence-corrected chi connectivity index (χ0v) is 33.1. The van der Waals surface area contributed by atoms with Crippen molar-refractivity contribution in [2.75, 3.05) is 33.5 Å². The van der Waals surface area contributed by atoms with Crippen LogP contribution in [0.1, 0.15) is 50.5 Å². The van der Waals surface area contributed by atoms with Crippen LogP contribution in [0.2, 0.25) is 5.04 Å². The molecular weight excluding hydrogens is 740 g/mol. The van der Waals surface area contributed by atoms with Crippen LogP contribution in [0.15, 0.2) is 96.1 Å². The van der Waals surface area contributed by atoms with Crippen molar-refractivity contribution in [2.24, 2.45) is 0 Å². The first-order valence-electron chi connectivity index (χ1n) is 18.0. The van der Waals surface area contributed by atoms with Crippen molar-refractivity contribution in [3.63, 3.8) is 0 Å². The third-order valence-corrected chi connectivity index (χ3v) is 16.1. The number of carbonyl (C=O) groups excluding carboxylic acids is 1. The Bertz CT molecular complexity index is 2290. The second kappa shape index (κ2) is 15.9. The smallest absolute Gasteiger partial charge is 0.301 e. The molecule has 0 aliphatic carbocycles. The minimum Gasteiger partial charge on any atom is -0.496 e. The summed E-state index contributed by atoms with van der Waals surface area (Å²) < 4.78 is 41.9. The van der Waals surface area contributed by atoms with Crippen molar-refractivity contribution >= 4 is 46.2 Å². The first-order chi connectivity index (χ1) is 26.5. The van der Waals surface area contributed by atoms with Crippen LogP contribution in [0.25, 0.3) is 15.2 Å². The number of aryl methyl sites for hydroxylation is 1. The quantitative estimate of drug-likeness (QED) is 0.116.